The summed E-state index contributed by atoms with van der Waals surface area (Å²) in [6, 6.07) is 6.30. The minimum Gasteiger partial charge on any atom is -0.328 e. The minimum absolute atomic E-state index is 0.102. The van der Waals surface area contributed by atoms with Crippen LogP contribution in [0.25, 0.3) is 0 Å². The average Bonchev–Trinajstić information content (AvgIpc) is 3.08. The van der Waals surface area contributed by atoms with Crippen molar-refractivity contribution in [2.45, 2.75) is 6.54 Å². The highest BCUT2D eigenvalue weighted by molar-refractivity contribution is 7.07. The summed E-state index contributed by atoms with van der Waals surface area (Å²) >= 11 is 7.49. The SMILES string of the molecule is O=C(c1ccc(Cl)cc1[N+](=O)[O-])N1CC[NH+](Cc2ccsc2)CC1. The zero-order valence-electron chi connectivity index (χ0n) is 12.9. The molecule has 1 aromatic heterocycles. The molecule has 2 heterocycles. The summed E-state index contributed by atoms with van der Waals surface area (Å²) in [4.78, 5) is 26.3. The number of benzene rings is 1. The molecule has 0 radical (unpaired) electrons. The quantitative estimate of drug-likeness (QED) is 0.663. The van der Waals surface area contributed by atoms with Gasteiger partial charge in [0.1, 0.15) is 12.1 Å². The Labute approximate surface area is 148 Å². The molecular formula is C16H17ClN3O3S+. The van der Waals surface area contributed by atoms with Gasteiger partial charge < -0.3 is 9.80 Å². The summed E-state index contributed by atoms with van der Waals surface area (Å²) in [5.41, 5.74) is 1.18. The van der Waals surface area contributed by atoms with Crippen LogP contribution in [0.15, 0.2) is 35.0 Å². The highest BCUT2D eigenvalue weighted by Crippen LogP contribution is 2.24. The van der Waals surface area contributed by atoms with Crippen LogP contribution in [-0.2, 0) is 6.54 Å². The smallest absolute Gasteiger partial charge is 0.283 e. The van der Waals surface area contributed by atoms with Crippen molar-refractivity contribution >= 4 is 34.5 Å². The number of nitro benzene ring substituents is 1. The van der Waals surface area contributed by atoms with Crippen LogP contribution < -0.4 is 4.90 Å². The number of hydrogen-bond donors (Lipinski definition) is 1. The fourth-order valence-electron chi connectivity index (χ4n) is 2.89. The van der Waals surface area contributed by atoms with Gasteiger partial charge in [0.15, 0.2) is 0 Å². The predicted octanol–water partition coefficient (Wildman–Crippen LogP) is 1.85. The van der Waals surface area contributed by atoms with Gasteiger partial charge in [0.25, 0.3) is 11.6 Å². The molecule has 1 amide bonds. The molecule has 0 unspecified atom stereocenters. The lowest BCUT2D eigenvalue weighted by atomic mass is 10.1. The number of nitrogens with zero attached hydrogens (tertiary/aromatic N) is 2. The van der Waals surface area contributed by atoms with E-state index in [0.717, 1.165) is 19.6 Å². The highest BCUT2D eigenvalue weighted by atomic mass is 35.5. The van der Waals surface area contributed by atoms with Crippen molar-refractivity contribution in [1.29, 1.82) is 0 Å². The van der Waals surface area contributed by atoms with Gasteiger partial charge >= 0.3 is 0 Å². The summed E-state index contributed by atoms with van der Waals surface area (Å²) in [7, 11) is 0. The maximum atomic E-state index is 12.6. The lowest BCUT2D eigenvalue weighted by Gasteiger charge is -2.32. The lowest BCUT2D eigenvalue weighted by Crippen LogP contribution is -3.13. The van der Waals surface area contributed by atoms with Gasteiger partial charge in [-0.05, 0) is 29.0 Å². The van der Waals surface area contributed by atoms with Crippen molar-refractivity contribution in [2.75, 3.05) is 26.2 Å². The standard InChI is InChI=1S/C16H16ClN3O3S/c17-13-1-2-14(15(9-13)20(22)23)16(21)19-6-4-18(5-7-19)10-12-3-8-24-11-12/h1-3,8-9,11H,4-7,10H2/p+1. The van der Waals surface area contributed by atoms with Crippen molar-refractivity contribution < 1.29 is 14.6 Å². The molecule has 0 aliphatic carbocycles. The van der Waals surface area contributed by atoms with E-state index in [4.69, 9.17) is 11.6 Å². The van der Waals surface area contributed by atoms with Crippen LogP contribution in [0.1, 0.15) is 15.9 Å². The predicted molar refractivity (Wildman–Crippen MR) is 92.7 cm³/mol. The molecule has 8 heteroatoms. The molecule has 1 aromatic carbocycles. The summed E-state index contributed by atoms with van der Waals surface area (Å²) in [5, 5.41) is 15.6. The molecule has 2 aromatic rings. The first-order chi connectivity index (χ1) is 11.5. The van der Waals surface area contributed by atoms with Crippen LogP contribution in [0.5, 0.6) is 0 Å². The number of hydrogen-bond acceptors (Lipinski definition) is 4. The molecule has 24 heavy (non-hydrogen) atoms. The van der Waals surface area contributed by atoms with Gasteiger partial charge in [-0.2, -0.15) is 11.3 Å². The van der Waals surface area contributed by atoms with Crippen molar-refractivity contribution in [3.63, 3.8) is 0 Å². The minimum atomic E-state index is -0.558. The topological polar surface area (TPSA) is 67.9 Å². The molecule has 1 fully saturated rings. The number of carbonyl (C=O) groups is 1. The second-order valence-corrected chi connectivity index (χ2v) is 6.99. The Morgan fingerprint density at radius 3 is 2.71 bits per heavy atom. The molecule has 1 aliphatic heterocycles. The zero-order valence-corrected chi connectivity index (χ0v) is 14.5. The molecule has 3 rings (SSSR count). The van der Waals surface area contributed by atoms with Crippen molar-refractivity contribution in [1.82, 2.24) is 4.90 Å². The van der Waals surface area contributed by atoms with Crippen LogP contribution in [0.4, 0.5) is 5.69 Å². The van der Waals surface area contributed by atoms with Gasteiger partial charge in [0.05, 0.1) is 31.1 Å². The maximum absolute atomic E-state index is 12.6. The number of quaternary nitrogens is 1. The van der Waals surface area contributed by atoms with E-state index >= 15 is 0 Å². The largest absolute Gasteiger partial charge is 0.328 e. The molecule has 1 aliphatic rings. The van der Waals surface area contributed by atoms with E-state index in [1.165, 1.54) is 28.7 Å². The van der Waals surface area contributed by atoms with E-state index in [1.807, 2.05) is 0 Å². The third-order valence-electron chi connectivity index (χ3n) is 4.18. The molecule has 1 N–H and O–H groups in total. The summed E-state index contributed by atoms with van der Waals surface area (Å²) in [5.74, 6) is -0.298. The lowest BCUT2D eigenvalue weighted by molar-refractivity contribution is -0.917. The Morgan fingerprint density at radius 1 is 1.33 bits per heavy atom. The summed E-state index contributed by atoms with van der Waals surface area (Å²) < 4.78 is 0. The zero-order chi connectivity index (χ0) is 17.1. The molecule has 1 saturated heterocycles. The van der Waals surface area contributed by atoms with Crippen LogP contribution in [0.3, 0.4) is 0 Å². The Balaban J connectivity index is 1.66. The monoisotopic (exact) mass is 366 g/mol. The number of piperazine rings is 1. The Kier molecular flexibility index (Phi) is 5.13. The van der Waals surface area contributed by atoms with E-state index < -0.39 is 4.92 Å². The maximum Gasteiger partial charge on any atom is 0.283 e. The van der Waals surface area contributed by atoms with Crippen molar-refractivity contribution in [3.05, 3.63) is 61.3 Å². The normalized spacial score (nSPS) is 15.5. The van der Waals surface area contributed by atoms with Crippen LogP contribution >= 0.6 is 22.9 Å². The van der Waals surface area contributed by atoms with Gasteiger partial charge in [0, 0.05) is 16.7 Å². The van der Waals surface area contributed by atoms with E-state index in [9.17, 15) is 14.9 Å². The summed E-state index contributed by atoms with van der Waals surface area (Å²) in [6.45, 7) is 3.81. The van der Waals surface area contributed by atoms with Gasteiger partial charge in [-0.3, -0.25) is 14.9 Å². The van der Waals surface area contributed by atoms with Gasteiger partial charge in [-0.1, -0.05) is 11.6 Å². The number of halogens is 1. The van der Waals surface area contributed by atoms with Crippen molar-refractivity contribution in [3.8, 4) is 0 Å². The van der Waals surface area contributed by atoms with E-state index in [0.29, 0.717) is 13.1 Å². The second-order valence-electron chi connectivity index (χ2n) is 5.77. The Hall–Kier alpha value is -1.96. The third-order valence-corrected chi connectivity index (χ3v) is 5.15. The van der Waals surface area contributed by atoms with Crippen LogP contribution in [0.2, 0.25) is 5.02 Å². The first-order valence-electron chi connectivity index (χ1n) is 7.62. The number of rotatable bonds is 4. The summed E-state index contributed by atoms with van der Waals surface area (Å²) in [6.07, 6.45) is 0. The van der Waals surface area contributed by atoms with Crippen LogP contribution in [-0.4, -0.2) is 41.9 Å². The fraction of sp³-hybridized carbons (Fsp3) is 0.312. The number of carbonyl (C=O) groups excluding carboxylic acids is 1. The van der Waals surface area contributed by atoms with Gasteiger partial charge in [-0.15, -0.1) is 0 Å². The molecule has 0 saturated carbocycles. The van der Waals surface area contributed by atoms with E-state index in [1.54, 1.807) is 16.2 Å². The number of thiophene rings is 1. The Morgan fingerprint density at radius 2 is 2.08 bits per heavy atom. The molecule has 0 spiro atoms. The number of nitrogens with one attached hydrogen (secondary N) is 1. The molecule has 0 bridgehead atoms. The van der Waals surface area contributed by atoms with Gasteiger partial charge in [0.2, 0.25) is 0 Å². The molecule has 6 nitrogen and oxygen atoms in total. The van der Waals surface area contributed by atoms with E-state index in [2.05, 4.69) is 16.8 Å². The first-order valence-corrected chi connectivity index (χ1v) is 8.94. The van der Waals surface area contributed by atoms with Crippen LogP contribution in [0, 0.1) is 10.1 Å². The van der Waals surface area contributed by atoms with E-state index in [-0.39, 0.29) is 22.2 Å². The highest BCUT2D eigenvalue weighted by Gasteiger charge is 2.29. The number of nitro groups is 1. The van der Waals surface area contributed by atoms with Gasteiger partial charge in [-0.25, -0.2) is 0 Å². The number of amides is 1. The average molecular weight is 367 g/mol. The fourth-order valence-corrected chi connectivity index (χ4v) is 3.73. The second kappa shape index (κ2) is 7.29. The first kappa shape index (κ1) is 16.9. The molecule has 0 atom stereocenters. The molecular weight excluding hydrogens is 350 g/mol. The third kappa shape index (κ3) is 3.75. The Bertz CT molecular complexity index is 743. The van der Waals surface area contributed by atoms with Crippen molar-refractivity contribution in [2.24, 2.45) is 0 Å². The molecule has 126 valence electrons.